The quantitative estimate of drug-likeness (QED) is 0.451. The van der Waals surface area contributed by atoms with Gasteiger partial charge in [-0.1, -0.05) is 48.9 Å². The number of urea groups is 1. The van der Waals surface area contributed by atoms with Crippen LogP contribution in [0.1, 0.15) is 35.9 Å². The standard InChI is InChI=1S/C23H22N4O3S/c28-21-22(29)27(23(30)26(21)14-16-8-2-1-3-9-16)15-25-13-7-6-11-18(25)20-24-17-10-4-5-12-19(17)31-20/h1-5,8-10,12,18H,6-7,11,13-15H2/t18-/m0/s1. The van der Waals surface area contributed by atoms with E-state index in [0.29, 0.717) is 0 Å². The zero-order valence-corrected chi connectivity index (χ0v) is 17.8. The SMILES string of the molecule is O=C1C(=O)N(CN2CCCC[C@H]2c2nc3ccccc3s2)C(=O)N1Cc1ccccc1. The topological polar surface area (TPSA) is 73.8 Å². The van der Waals surface area contributed by atoms with Crippen molar-refractivity contribution in [2.75, 3.05) is 13.2 Å². The number of carbonyl (C=O) groups is 3. The van der Waals surface area contributed by atoms with Crippen molar-refractivity contribution in [2.24, 2.45) is 0 Å². The molecule has 3 heterocycles. The van der Waals surface area contributed by atoms with E-state index in [0.717, 1.165) is 56.4 Å². The largest absolute Gasteiger partial charge is 0.335 e. The maximum absolute atomic E-state index is 13.0. The highest BCUT2D eigenvalue weighted by Crippen LogP contribution is 2.36. The van der Waals surface area contributed by atoms with Crippen LogP contribution in [0.15, 0.2) is 54.6 Å². The summed E-state index contributed by atoms with van der Waals surface area (Å²) >= 11 is 1.65. The molecule has 2 fully saturated rings. The Morgan fingerprint density at radius 3 is 2.45 bits per heavy atom. The molecule has 1 atom stereocenters. The van der Waals surface area contributed by atoms with Crippen LogP contribution in [-0.4, -0.2) is 50.7 Å². The van der Waals surface area contributed by atoms with Gasteiger partial charge < -0.3 is 0 Å². The minimum Gasteiger partial charge on any atom is -0.276 e. The van der Waals surface area contributed by atoms with E-state index in [4.69, 9.17) is 4.98 Å². The average molecular weight is 435 g/mol. The summed E-state index contributed by atoms with van der Waals surface area (Å²) in [7, 11) is 0. The first-order chi connectivity index (χ1) is 15.1. The molecular weight excluding hydrogens is 412 g/mol. The monoisotopic (exact) mass is 434 g/mol. The molecule has 0 bridgehead atoms. The van der Waals surface area contributed by atoms with Crippen molar-refractivity contribution in [2.45, 2.75) is 31.8 Å². The highest BCUT2D eigenvalue weighted by atomic mass is 32.1. The highest BCUT2D eigenvalue weighted by Gasteiger charge is 2.45. The Hall–Kier alpha value is -3.10. The lowest BCUT2D eigenvalue weighted by Crippen LogP contribution is -2.45. The second-order valence-electron chi connectivity index (χ2n) is 7.88. The van der Waals surface area contributed by atoms with Gasteiger partial charge in [0.1, 0.15) is 5.01 Å². The number of aromatic nitrogens is 1. The Morgan fingerprint density at radius 1 is 0.903 bits per heavy atom. The van der Waals surface area contributed by atoms with Gasteiger partial charge in [0.15, 0.2) is 0 Å². The number of thiazole rings is 1. The van der Waals surface area contributed by atoms with Gasteiger partial charge >= 0.3 is 17.8 Å². The molecular formula is C23H22N4O3S. The summed E-state index contributed by atoms with van der Waals surface area (Å²) in [4.78, 5) is 47.2. The fourth-order valence-corrected chi connectivity index (χ4v) is 5.37. The Kier molecular flexibility index (Phi) is 5.25. The molecule has 0 spiro atoms. The third-order valence-corrected chi connectivity index (χ3v) is 6.99. The number of amides is 4. The van der Waals surface area contributed by atoms with Crippen molar-refractivity contribution in [3.63, 3.8) is 0 Å². The normalized spacial score (nSPS) is 20.3. The van der Waals surface area contributed by atoms with Gasteiger partial charge in [0.05, 0.1) is 29.5 Å². The summed E-state index contributed by atoms with van der Waals surface area (Å²) in [6.45, 7) is 0.960. The number of hydrogen-bond acceptors (Lipinski definition) is 6. The molecule has 2 aromatic carbocycles. The number of rotatable bonds is 5. The lowest BCUT2D eigenvalue weighted by Gasteiger charge is -2.36. The van der Waals surface area contributed by atoms with E-state index < -0.39 is 17.8 Å². The second kappa shape index (κ2) is 8.20. The predicted molar refractivity (Wildman–Crippen MR) is 117 cm³/mol. The molecule has 0 unspecified atom stereocenters. The predicted octanol–water partition coefficient (Wildman–Crippen LogP) is 3.77. The van der Waals surface area contributed by atoms with Crippen LogP contribution in [0.25, 0.3) is 10.2 Å². The molecule has 0 radical (unpaired) electrons. The molecule has 0 saturated carbocycles. The van der Waals surface area contributed by atoms with Crippen LogP contribution in [0.3, 0.4) is 0 Å². The van der Waals surface area contributed by atoms with Crippen LogP contribution in [0, 0.1) is 0 Å². The molecule has 3 aromatic rings. The summed E-state index contributed by atoms with van der Waals surface area (Å²) < 4.78 is 1.13. The zero-order valence-electron chi connectivity index (χ0n) is 16.9. The second-order valence-corrected chi connectivity index (χ2v) is 8.94. The first-order valence-corrected chi connectivity index (χ1v) is 11.2. The van der Waals surface area contributed by atoms with E-state index in [-0.39, 0.29) is 19.3 Å². The van der Waals surface area contributed by atoms with Crippen LogP contribution in [0.4, 0.5) is 4.79 Å². The fourth-order valence-electron chi connectivity index (χ4n) is 4.23. The Bertz CT molecular complexity index is 1110. The maximum Gasteiger partial charge on any atom is 0.335 e. The smallest absolute Gasteiger partial charge is 0.276 e. The number of nitrogens with zero attached hydrogens (tertiary/aromatic N) is 4. The zero-order chi connectivity index (χ0) is 21.4. The molecule has 5 rings (SSSR count). The Morgan fingerprint density at radius 2 is 1.65 bits per heavy atom. The molecule has 8 heteroatoms. The van der Waals surface area contributed by atoms with Gasteiger partial charge in [-0.3, -0.25) is 19.4 Å². The van der Waals surface area contributed by atoms with Gasteiger partial charge in [0.2, 0.25) is 0 Å². The first kappa shape index (κ1) is 19.8. The Balaban J connectivity index is 1.36. The minimum absolute atomic E-state index is 0.0324. The van der Waals surface area contributed by atoms with Crippen LogP contribution in [-0.2, 0) is 16.1 Å². The number of hydrogen-bond donors (Lipinski definition) is 0. The van der Waals surface area contributed by atoms with E-state index in [2.05, 4.69) is 11.0 Å². The van der Waals surface area contributed by atoms with E-state index in [9.17, 15) is 14.4 Å². The van der Waals surface area contributed by atoms with Gasteiger partial charge in [-0.05, 0) is 30.5 Å². The van der Waals surface area contributed by atoms with Crippen molar-refractivity contribution < 1.29 is 14.4 Å². The van der Waals surface area contributed by atoms with Crippen LogP contribution in [0.2, 0.25) is 0 Å². The molecule has 31 heavy (non-hydrogen) atoms. The summed E-state index contributed by atoms with van der Waals surface area (Å²) in [5.74, 6) is -1.52. The number of para-hydroxylation sites is 1. The fraction of sp³-hybridized carbons (Fsp3) is 0.304. The summed E-state index contributed by atoms with van der Waals surface area (Å²) in [6, 6.07) is 16.7. The van der Waals surface area contributed by atoms with Gasteiger partial charge in [0, 0.05) is 6.54 Å². The average Bonchev–Trinajstić information content (AvgIpc) is 3.32. The van der Waals surface area contributed by atoms with E-state index in [1.807, 2.05) is 48.5 Å². The number of imide groups is 2. The van der Waals surface area contributed by atoms with E-state index in [1.54, 1.807) is 11.3 Å². The number of piperidine rings is 1. The van der Waals surface area contributed by atoms with Crippen molar-refractivity contribution in [1.82, 2.24) is 19.7 Å². The van der Waals surface area contributed by atoms with E-state index in [1.165, 1.54) is 0 Å². The van der Waals surface area contributed by atoms with Crippen LogP contribution in [0.5, 0.6) is 0 Å². The van der Waals surface area contributed by atoms with Crippen molar-refractivity contribution in [3.05, 3.63) is 65.2 Å². The highest BCUT2D eigenvalue weighted by molar-refractivity contribution is 7.18. The third-order valence-electron chi connectivity index (χ3n) is 5.85. The third kappa shape index (κ3) is 3.73. The number of likely N-dealkylation sites (tertiary alicyclic amines) is 1. The van der Waals surface area contributed by atoms with Gasteiger partial charge in [-0.2, -0.15) is 0 Å². The molecule has 4 amide bonds. The minimum atomic E-state index is -0.762. The summed E-state index contributed by atoms with van der Waals surface area (Å²) in [5.41, 5.74) is 1.77. The lowest BCUT2D eigenvalue weighted by molar-refractivity contribution is -0.144. The molecule has 2 aliphatic heterocycles. The molecule has 158 valence electrons. The summed E-state index contributed by atoms with van der Waals surface area (Å²) in [5, 5.41) is 0.993. The number of benzene rings is 2. The first-order valence-electron chi connectivity index (χ1n) is 10.4. The van der Waals surface area contributed by atoms with Crippen LogP contribution < -0.4 is 0 Å². The van der Waals surface area contributed by atoms with Gasteiger partial charge in [-0.25, -0.2) is 14.7 Å². The molecule has 2 saturated heterocycles. The summed E-state index contributed by atoms with van der Waals surface area (Å²) in [6.07, 6.45) is 2.97. The lowest BCUT2D eigenvalue weighted by atomic mass is 10.0. The van der Waals surface area contributed by atoms with Gasteiger partial charge in [0.25, 0.3) is 0 Å². The number of carbonyl (C=O) groups excluding carboxylic acids is 3. The van der Waals surface area contributed by atoms with Crippen LogP contribution >= 0.6 is 11.3 Å². The van der Waals surface area contributed by atoms with Crippen molar-refractivity contribution in [1.29, 1.82) is 0 Å². The van der Waals surface area contributed by atoms with Gasteiger partial charge in [-0.15, -0.1) is 11.3 Å². The number of fused-ring (bicyclic) bond motifs is 1. The maximum atomic E-state index is 13.0. The Labute approximate surface area is 183 Å². The molecule has 0 aliphatic carbocycles. The molecule has 2 aliphatic rings. The van der Waals surface area contributed by atoms with Crippen molar-refractivity contribution >= 4 is 39.4 Å². The molecule has 1 aromatic heterocycles. The van der Waals surface area contributed by atoms with E-state index >= 15 is 0 Å². The molecule has 0 N–H and O–H groups in total. The van der Waals surface area contributed by atoms with Crippen molar-refractivity contribution in [3.8, 4) is 0 Å². The molecule has 7 nitrogen and oxygen atoms in total.